The first kappa shape index (κ1) is 22.8. The largest absolute Gasteiger partial charge is 0.480 e. The van der Waals surface area contributed by atoms with Gasteiger partial charge in [-0.05, 0) is 35.1 Å². The molecule has 3 atom stereocenters. The average Bonchev–Trinajstić information content (AvgIpc) is 3.15. The molecule has 0 spiro atoms. The molecule has 8 heteroatoms. The zero-order chi connectivity index (χ0) is 23.4. The Morgan fingerprint density at radius 1 is 0.970 bits per heavy atom. The number of carbonyl (C=O) groups excluding carboxylic acids is 2. The third-order valence-corrected chi connectivity index (χ3v) is 6.55. The summed E-state index contributed by atoms with van der Waals surface area (Å²) in [5.74, 6) is -2.43. The lowest BCUT2D eigenvalue weighted by Crippen LogP contribution is -2.52. The van der Waals surface area contributed by atoms with Crippen LogP contribution >= 0.6 is 0 Å². The van der Waals surface area contributed by atoms with Crippen LogP contribution in [0.5, 0.6) is 0 Å². The van der Waals surface area contributed by atoms with Gasteiger partial charge in [0.15, 0.2) is 0 Å². The summed E-state index contributed by atoms with van der Waals surface area (Å²) in [6.07, 6.45) is 2.17. The minimum absolute atomic E-state index is 0.0607. The second kappa shape index (κ2) is 10.0. The molecule has 0 heterocycles. The number of fused-ring (bicyclic) bond motifs is 3. The Hall–Kier alpha value is -3.39. The Bertz CT molecular complexity index is 994. The molecule has 2 aromatic carbocycles. The van der Waals surface area contributed by atoms with Gasteiger partial charge in [-0.3, -0.25) is 4.79 Å². The van der Waals surface area contributed by atoms with Crippen molar-refractivity contribution in [3.63, 3.8) is 0 Å². The van der Waals surface area contributed by atoms with Crippen molar-refractivity contribution in [2.24, 2.45) is 5.92 Å². The summed E-state index contributed by atoms with van der Waals surface area (Å²) in [7, 11) is 0. The zero-order valence-electron chi connectivity index (χ0n) is 18.2. The van der Waals surface area contributed by atoms with E-state index in [0.29, 0.717) is 12.8 Å². The monoisotopic (exact) mass is 452 g/mol. The fourth-order valence-corrected chi connectivity index (χ4v) is 4.87. The summed E-state index contributed by atoms with van der Waals surface area (Å²) >= 11 is 0. The Labute approximate surface area is 192 Å². The second-order valence-corrected chi connectivity index (χ2v) is 8.55. The summed E-state index contributed by atoms with van der Waals surface area (Å²) in [5, 5.41) is 23.4. The van der Waals surface area contributed by atoms with Crippen molar-refractivity contribution >= 4 is 18.0 Å². The first-order valence-electron chi connectivity index (χ1n) is 11.2. The summed E-state index contributed by atoms with van der Waals surface area (Å²) < 4.78 is 5.60. The van der Waals surface area contributed by atoms with Crippen molar-refractivity contribution in [2.75, 3.05) is 13.2 Å². The highest BCUT2D eigenvalue weighted by molar-refractivity contribution is 5.86. The highest BCUT2D eigenvalue weighted by Crippen LogP contribution is 2.44. The number of benzene rings is 2. The van der Waals surface area contributed by atoms with Crippen molar-refractivity contribution < 1.29 is 29.3 Å². The molecule has 8 nitrogen and oxygen atoms in total. The van der Waals surface area contributed by atoms with Crippen LogP contribution in [-0.4, -0.2) is 53.5 Å². The summed E-state index contributed by atoms with van der Waals surface area (Å²) in [5.41, 5.74) is 4.52. The van der Waals surface area contributed by atoms with E-state index < -0.39 is 42.6 Å². The number of nitrogens with one attached hydrogen (secondary N) is 2. The minimum atomic E-state index is -1.37. The molecule has 2 aromatic rings. The average molecular weight is 453 g/mol. The molecule has 2 amide bonds. The molecule has 2 aliphatic rings. The Kier molecular flexibility index (Phi) is 6.93. The van der Waals surface area contributed by atoms with Gasteiger partial charge in [0, 0.05) is 12.0 Å². The number of aliphatic carboxylic acids is 1. The highest BCUT2D eigenvalue weighted by Gasteiger charge is 2.35. The van der Waals surface area contributed by atoms with E-state index in [4.69, 9.17) is 9.84 Å². The molecule has 174 valence electrons. The molecule has 4 rings (SSSR count). The maximum atomic E-state index is 12.6. The van der Waals surface area contributed by atoms with Crippen LogP contribution in [0.25, 0.3) is 11.1 Å². The SMILES string of the molecule is O=C(N[C@H]1CCCC[C@H]1C(=O)N[C@@H](CO)C(=O)O)OCC1c2ccccc2-c2ccccc21. The van der Waals surface area contributed by atoms with E-state index in [9.17, 15) is 19.5 Å². The van der Waals surface area contributed by atoms with E-state index in [1.807, 2.05) is 36.4 Å². The third kappa shape index (κ3) is 4.85. The number of aliphatic hydroxyl groups is 1. The number of carboxylic acids is 1. The summed E-state index contributed by atoms with van der Waals surface area (Å²) in [6.45, 7) is -0.521. The molecule has 0 aliphatic heterocycles. The van der Waals surface area contributed by atoms with E-state index in [-0.39, 0.29) is 12.5 Å². The van der Waals surface area contributed by atoms with Crippen molar-refractivity contribution in [1.82, 2.24) is 10.6 Å². The molecule has 1 fully saturated rings. The van der Waals surface area contributed by atoms with Crippen LogP contribution in [-0.2, 0) is 14.3 Å². The molecule has 33 heavy (non-hydrogen) atoms. The Morgan fingerprint density at radius 2 is 1.58 bits per heavy atom. The molecule has 2 aliphatic carbocycles. The Balaban J connectivity index is 1.39. The molecule has 4 N–H and O–H groups in total. The van der Waals surface area contributed by atoms with Crippen LogP contribution in [0.3, 0.4) is 0 Å². The summed E-state index contributed by atoms with van der Waals surface area (Å²) in [6, 6.07) is 14.3. The quantitative estimate of drug-likeness (QED) is 0.512. The molecule has 0 unspecified atom stereocenters. The van der Waals surface area contributed by atoms with E-state index in [0.717, 1.165) is 35.1 Å². The smallest absolute Gasteiger partial charge is 0.407 e. The van der Waals surface area contributed by atoms with E-state index in [1.165, 1.54) is 0 Å². The lowest BCUT2D eigenvalue weighted by Gasteiger charge is -2.31. The van der Waals surface area contributed by atoms with Crippen LogP contribution in [0.4, 0.5) is 4.79 Å². The highest BCUT2D eigenvalue weighted by atomic mass is 16.5. The number of hydrogen-bond donors (Lipinski definition) is 4. The number of ether oxygens (including phenoxy) is 1. The van der Waals surface area contributed by atoms with Gasteiger partial charge in [0.1, 0.15) is 12.6 Å². The zero-order valence-corrected chi connectivity index (χ0v) is 18.2. The first-order chi connectivity index (χ1) is 16.0. The number of alkyl carbamates (subject to hydrolysis) is 1. The molecule has 0 aromatic heterocycles. The standard InChI is InChI=1S/C25H28N2O6/c28-13-22(24(30)31)26-23(29)19-11-5-6-12-21(19)27-25(32)33-14-20-17-9-3-1-7-15(17)16-8-2-4-10-18(16)20/h1-4,7-10,19-22,28H,5-6,11-14H2,(H,26,29)(H,27,32)(H,30,31)/t19-,21+,22+/m1/s1. The van der Waals surface area contributed by atoms with E-state index in [2.05, 4.69) is 22.8 Å². The van der Waals surface area contributed by atoms with Gasteiger partial charge in [0.25, 0.3) is 0 Å². The second-order valence-electron chi connectivity index (χ2n) is 8.55. The van der Waals surface area contributed by atoms with Crippen LogP contribution in [0.15, 0.2) is 48.5 Å². The van der Waals surface area contributed by atoms with E-state index in [1.54, 1.807) is 0 Å². The number of rotatable bonds is 7. The molecule has 0 saturated heterocycles. The molecule has 0 bridgehead atoms. The van der Waals surface area contributed by atoms with Crippen molar-refractivity contribution in [3.05, 3.63) is 59.7 Å². The van der Waals surface area contributed by atoms with Crippen molar-refractivity contribution in [3.8, 4) is 11.1 Å². The van der Waals surface area contributed by atoms with Gasteiger partial charge in [0.2, 0.25) is 5.91 Å². The van der Waals surface area contributed by atoms with Gasteiger partial charge in [0.05, 0.1) is 12.5 Å². The number of aliphatic hydroxyl groups excluding tert-OH is 1. The van der Waals surface area contributed by atoms with Crippen LogP contribution in [0, 0.1) is 5.92 Å². The predicted octanol–water partition coefficient (Wildman–Crippen LogP) is 2.65. The van der Waals surface area contributed by atoms with Gasteiger partial charge < -0.3 is 25.6 Å². The van der Waals surface area contributed by atoms with Crippen molar-refractivity contribution in [1.29, 1.82) is 0 Å². The van der Waals surface area contributed by atoms with Gasteiger partial charge >= 0.3 is 12.1 Å². The number of hydrogen-bond acceptors (Lipinski definition) is 5. The first-order valence-corrected chi connectivity index (χ1v) is 11.2. The van der Waals surface area contributed by atoms with Crippen LogP contribution in [0.1, 0.15) is 42.7 Å². The number of carboxylic acid groups (broad SMARTS) is 1. The number of carbonyl (C=O) groups is 3. The maximum Gasteiger partial charge on any atom is 0.407 e. The van der Waals surface area contributed by atoms with Gasteiger partial charge in [-0.25, -0.2) is 9.59 Å². The molecular weight excluding hydrogens is 424 g/mol. The Morgan fingerprint density at radius 3 is 2.18 bits per heavy atom. The molecule has 0 radical (unpaired) electrons. The number of amides is 2. The minimum Gasteiger partial charge on any atom is -0.480 e. The summed E-state index contributed by atoms with van der Waals surface area (Å²) in [4.78, 5) is 36.4. The van der Waals surface area contributed by atoms with Gasteiger partial charge in [-0.2, -0.15) is 0 Å². The fourth-order valence-electron chi connectivity index (χ4n) is 4.87. The van der Waals surface area contributed by atoms with Gasteiger partial charge in [-0.1, -0.05) is 61.4 Å². The normalized spacial score (nSPS) is 20.3. The van der Waals surface area contributed by atoms with Crippen molar-refractivity contribution in [2.45, 2.75) is 43.7 Å². The van der Waals surface area contributed by atoms with Gasteiger partial charge in [-0.15, -0.1) is 0 Å². The van der Waals surface area contributed by atoms with Crippen LogP contribution < -0.4 is 10.6 Å². The predicted molar refractivity (Wildman–Crippen MR) is 121 cm³/mol. The third-order valence-electron chi connectivity index (χ3n) is 6.55. The maximum absolute atomic E-state index is 12.6. The lowest BCUT2D eigenvalue weighted by molar-refractivity contribution is -0.144. The molecular formula is C25H28N2O6. The van der Waals surface area contributed by atoms with E-state index >= 15 is 0 Å². The van der Waals surface area contributed by atoms with Crippen LogP contribution in [0.2, 0.25) is 0 Å². The lowest BCUT2D eigenvalue weighted by atomic mass is 9.83. The fraction of sp³-hybridized carbons (Fsp3) is 0.400. The molecule has 1 saturated carbocycles. The topological polar surface area (TPSA) is 125 Å².